The first-order valence-corrected chi connectivity index (χ1v) is 11.2. The van der Waals surface area contributed by atoms with Crippen LogP contribution in [0.5, 0.6) is 0 Å². The lowest BCUT2D eigenvalue weighted by molar-refractivity contribution is -0.120. The predicted molar refractivity (Wildman–Crippen MR) is 115 cm³/mol. The van der Waals surface area contributed by atoms with E-state index in [0.29, 0.717) is 5.69 Å². The van der Waals surface area contributed by atoms with Crippen molar-refractivity contribution in [1.29, 1.82) is 0 Å². The molecule has 0 radical (unpaired) electrons. The zero-order valence-corrected chi connectivity index (χ0v) is 18.6. The van der Waals surface area contributed by atoms with Crippen molar-refractivity contribution >= 4 is 21.6 Å². The standard InChI is InChI=1S/C22H30N2O3S/c1-14-8-9-20(11-16(14)3)24(28(7,26)27)13-22(25)23-19(6)21-12-17(4)15(2)10-18(21)5/h8-12,19H,13H2,1-7H3,(H,23,25). The highest BCUT2D eigenvalue weighted by molar-refractivity contribution is 7.92. The van der Waals surface area contributed by atoms with Crippen LogP contribution in [0.1, 0.15) is 46.3 Å². The summed E-state index contributed by atoms with van der Waals surface area (Å²) in [5.41, 5.74) is 7.05. The van der Waals surface area contributed by atoms with Gasteiger partial charge in [-0.2, -0.15) is 0 Å². The average molecular weight is 403 g/mol. The van der Waals surface area contributed by atoms with Gasteiger partial charge in [-0.15, -0.1) is 0 Å². The molecule has 1 atom stereocenters. The molecular formula is C22H30N2O3S. The molecule has 1 unspecified atom stereocenters. The molecule has 0 saturated heterocycles. The second-order valence-corrected chi connectivity index (χ2v) is 9.53. The SMILES string of the molecule is Cc1ccc(N(CC(=O)NC(C)c2cc(C)c(C)cc2C)S(C)(=O)=O)cc1C. The molecule has 0 aliphatic rings. The van der Waals surface area contributed by atoms with E-state index in [1.165, 1.54) is 5.56 Å². The molecule has 1 amide bonds. The summed E-state index contributed by atoms with van der Waals surface area (Å²) in [4.78, 5) is 12.7. The highest BCUT2D eigenvalue weighted by Crippen LogP contribution is 2.23. The fourth-order valence-corrected chi connectivity index (χ4v) is 4.07. The van der Waals surface area contributed by atoms with Crippen molar-refractivity contribution in [2.24, 2.45) is 0 Å². The summed E-state index contributed by atoms with van der Waals surface area (Å²) in [7, 11) is -3.59. The zero-order chi connectivity index (χ0) is 21.2. The third-order valence-electron chi connectivity index (χ3n) is 5.19. The number of carbonyl (C=O) groups is 1. The number of sulfonamides is 1. The fourth-order valence-electron chi connectivity index (χ4n) is 3.23. The lowest BCUT2D eigenvalue weighted by atomic mass is 9.96. The molecular weight excluding hydrogens is 372 g/mol. The molecule has 1 N–H and O–H groups in total. The topological polar surface area (TPSA) is 66.5 Å². The maximum atomic E-state index is 12.7. The van der Waals surface area contributed by atoms with Crippen molar-refractivity contribution in [3.8, 4) is 0 Å². The minimum absolute atomic E-state index is 0.215. The van der Waals surface area contributed by atoms with Crippen LogP contribution in [0.4, 0.5) is 5.69 Å². The second-order valence-electron chi connectivity index (χ2n) is 7.62. The van der Waals surface area contributed by atoms with E-state index in [1.54, 1.807) is 12.1 Å². The average Bonchev–Trinajstić information content (AvgIpc) is 2.57. The molecule has 5 nitrogen and oxygen atoms in total. The van der Waals surface area contributed by atoms with E-state index in [4.69, 9.17) is 0 Å². The normalized spacial score (nSPS) is 12.5. The third-order valence-corrected chi connectivity index (χ3v) is 6.33. The molecule has 0 aliphatic carbocycles. The molecule has 0 heterocycles. The van der Waals surface area contributed by atoms with Crippen molar-refractivity contribution in [3.05, 3.63) is 63.7 Å². The van der Waals surface area contributed by atoms with Crippen molar-refractivity contribution in [1.82, 2.24) is 5.32 Å². The minimum atomic E-state index is -3.59. The molecule has 2 aromatic rings. The smallest absolute Gasteiger partial charge is 0.241 e. The summed E-state index contributed by atoms with van der Waals surface area (Å²) < 4.78 is 25.8. The maximum absolute atomic E-state index is 12.7. The number of hydrogen-bond acceptors (Lipinski definition) is 3. The van der Waals surface area contributed by atoms with Gasteiger partial charge in [-0.3, -0.25) is 9.10 Å². The first-order valence-electron chi connectivity index (χ1n) is 9.32. The van der Waals surface area contributed by atoms with E-state index in [1.807, 2.05) is 40.7 Å². The Hall–Kier alpha value is -2.34. The van der Waals surface area contributed by atoms with Gasteiger partial charge in [0.2, 0.25) is 15.9 Å². The summed E-state index contributed by atoms with van der Waals surface area (Å²) in [6.45, 7) is 11.7. The molecule has 0 fully saturated rings. The van der Waals surface area contributed by atoms with Gasteiger partial charge in [0.15, 0.2) is 0 Å². The summed E-state index contributed by atoms with van der Waals surface area (Å²) in [5.74, 6) is -0.339. The molecule has 0 spiro atoms. The molecule has 28 heavy (non-hydrogen) atoms. The number of hydrogen-bond donors (Lipinski definition) is 1. The lowest BCUT2D eigenvalue weighted by Crippen LogP contribution is -2.41. The van der Waals surface area contributed by atoms with Gasteiger partial charge in [0, 0.05) is 0 Å². The van der Waals surface area contributed by atoms with Gasteiger partial charge in [0.25, 0.3) is 0 Å². The number of carbonyl (C=O) groups excluding carboxylic acids is 1. The summed E-state index contributed by atoms with van der Waals surface area (Å²) in [5, 5.41) is 2.94. The quantitative estimate of drug-likeness (QED) is 0.798. The molecule has 0 bridgehead atoms. The van der Waals surface area contributed by atoms with E-state index in [0.717, 1.165) is 38.4 Å². The molecule has 2 rings (SSSR count). The van der Waals surface area contributed by atoms with Gasteiger partial charge in [0.1, 0.15) is 6.54 Å². The van der Waals surface area contributed by atoms with E-state index >= 15 is 0 Å². The Morgan fingerprint density at radius 1 is 0.929 bits per heavy atom. The largest absolute Gasteiger partial charge is 0.348 e. The van der Waals surface area contributed by atoms with E-state index < -0.39 is 10.0 Å². The first kappa shape index (κ1) is 22.0. The van der Waals surface area contributed by atoms with Gasteiger partial charge < -0.3 is 5.32 Å². The Morgan fingerprint density at radius 2 is 1.50 bits per heavy atom. The van der Waals surface area contributed by atoms with Crippen molar-refractivity contribution < 1.29 is 13.2 Å². The Bertz CT molecular complexity index is 997. The second kappa shape index (κ2) is 8.35. The molecule has 6 heteroatoms. The number of rotatable bonds is 6. The van der Waals surface area contributed by atoms with Crippen LogP contribution >= 0.6 is 0 Å². The number of nitrogens with zero attached hydrogens (tertiary/aromatic N) is 1. The van der Waals surface area contributed by atoms with Gasteiger partial charge in [0.05, 0.1) is 18.0 Å². The third kappa shape index (κ3) is 5.13. The highest BCUT2D eigenvalue weighted by Gasteiger charge is 2.22. The van der Waals surface area contributed by atoms with Crippen LogP contribution in [0.25, 0.3) is 0 Å². The molecule has 0 saturated carbocycles. The van der Waals surface area contributed by atoms with Crippen LogP contribution in [0.2, 0.25) is 0 Å². The number of benzene rings is 2. The Morgan fingerprint density at radius 3 is 2.07 bits per heavy atom. The van der Waals surface area contributed by atoms with Crippen LogP contribution < -0.4 is 9.62 Å². The molecule has 152 valence electrons. The summed E-state index contributed by atoms with van der Waals surface area (Å²) in [6.07, 6.45) is 1.12. The molecule has 2 aromatic carbocycles. The number of anilines is 1. The number of aryl methyl sites for hydroxylation is 5. The van der Waals surface area contributed by atoms with E-state index in [-0.39, 0.29) is 18.5 Å². The summed E-state index contributed by atoms with van der Waals surface area (Å²) in [6, 6.07) is 9.35. The van der Waals surface area contributed by atoms with Crippen molar-refractivity contribution in [2.45, 2.75) is 47.6 Å². The van der Waals surface area contributed by atoms with Gasteiger partial charge in [-0.1, -0.05) is 18.2 Å². The van der Waals surface area contributed by atoms with Gasteiger partial charge in [-0.05, 0) is 87.1 Å². The fraction of sp³-hybridized carbons (Fsp3) is 0.409. The maximum Gasteiger partial charge on any atom is 0.241 e. The minimum Gasteiger partial charge on any atom is -0.348 e. The van der Waals surface area contributed by atoms with Crippen LogP contribution in [0.3, 0.4) is 0 Å². The number of amides is 1. The monoisotopic (exact) mass is 402 g/mol. The Kier molecular flexibility index (Phi) is 6.55. The summed E-state index contributed by atoms with van der Waals surface area (Å²) >= 11 is 0. The Balaban J connectivity index is 2.22. The van der Waals surface area contributed by atoms with Gasteiger partial charge >= 0.3 is 0 Å². The van der Waals surface area contributed by atoms with Crippen LogP contribution in [-0.4, -0.2) is 27.1 Å². The predicted octanol–water partition coefficient (Wildman–Crippen LogP) is 3.87. The van der Waals surface area contributed by atoms with E-state index in [9.17, 15) is 13.2 Å². The highest BCUT2D eigenvalue weighted by atomic mass is 32.2. The zero-order valence-electron chi connectivity index (χ0n) is 17.8. The molecule has 0 aromatic heterocycles. The van der Waals surface area contributed by atoms with Crippen molar-refractivity contribution in [2.75, 3.05) is 17.1 Å². The van der Waals surface area contributed by atoms with Crippen LogP contribution in [0, 0.1) is 34.6 Å². The van der Waals surface area contributed by atoms with Crippen molar-refractivity contribution in [3.63, 3.8) is 0 Å². The van der Waals surface area contributed by atoms with E-state index in [2.05, 4.69) is 24.4 Å². The Labute approximate surface area is 168 Å². The van der Waals surface area contributed by atoms with Gasteiger partial charge in [-0.25, -0.2) is 8.42 Å². The molecule has 0 aliphatic heterocycles. The number of nitrogens with one attached hydrogen (secondary N) is 1. The first-order chi connectivity index (χ1) is 12.9. The lowest BCUT2D eigenvalue weighted by Gasteiger charge is -2.24. The van der Waals surface area contributed by atoms with Crippen LogP contribution in [0.15, 0.2) is 30.3 Å². The van der Waals surface area contributed by atoms with Crippen LogP contribution in [-0.2, 0) is 14.8 Å².